The van der Waals surface area contributed by atoms with Crippen molar-refractivity contribution in [3.8, 4) is 0 Å². The first kappa shape index (κ1) is 16.6. The topological polar surface area (TPSA) is 12.0 Å². The maximum atomic E-state index is 3.74. The Labute approximate surface area is 123 Å². The van der Waals surface area contributed by atoms with Gasteiger partial charge in [-0.25, -0.2) is 0 Å². The Hall–Kier alpha value is -0.470. The van der Waals surface area contributed by atoms with E-state index in [2.05, 4.69) is 48.8 Å². The summed E-state index contributed by atoms with van der Waals surface area (Å²) in [5.74, 6) is 1.29. The molecule has 1 nitrogen and oxygen atoms in total. The van der Waals surface area contributed by atoms with E-state index in [-0.39, 0.29) is 0 Å². The Morgan fingerprint density at radius 2 is 1.84 bits per heavy atom. The SMILES string of the molecule is CCCCCC(NCCCCSC)c1ccccc1. The lowest BCUT2D eigenvalue weighted by Gasteiger charge is -2.19. The van der Waals surface area contributed by atoms with Crippen LogP contribution in [-0.4, -0.2) is 18.6 Å². The van der Waals surface area contributed by atoms with Crippen LogP contribution < -0.4 is 5.32 Å². The van der Waals surface area contributed by atoms with E-state index in [1.54, 1.807) is 0 Å². The highest BCUT2D eigenvalue weighted by Crippen LogP contribution is 2.19. The average molecular weight is 279 g/mol. The molecule has 0 saturated carbocycles. The fourth-order valence-electron chi connectivity index (χ4n) is 2.32. The number of unbranched alkanes of at least 4 members (excludes halogenated alkanes) is 3. The van der Waals surface area contributed by atoms with Gasteiger partial charge in [-0.05, 0) is 43.4 Å². The van der Waals surface area contributed by atoms with Crippen LogP contribution in [0, 0.1) is 0 Å². The highest BCUT2D eigenvalue weighted by molar-refractivity contribution is 7.98. The summed E-state index contributed by atoms with van der Waals surface area (Å²) in [7, 11) is 0. The zero-order valence-electron chi connectivity index (χ0n) is 12.5. The van der Waals surface area contributed by atoms with Crippen molar-refractivity contribution >= 4 is 11.8 Å². The summed E-state index contributed by atoms with van der Waals surface area (Å²) in [5.41, 5.74) is 1.45. The van der Waals surface area contributed by atoms with E-state index in [0.717, 1.165) is 6.54 Å². The quantitative estimate of drug-likeness (QED) is 0.569. The van der Waals surface area contributed by atoms with Crippen molar-refractivity contribution < 1.29 is 0 Å². The molecule has 0 aliphatic rings. The normalized spacial score (nSPS) is 12.5. The van der Waals surface area contributed by atoms with Crippen molar-refractivity contribution in [3.05, 3.63) is 35.9 Å². The van der Waals surface area contributed by atoms with Crippen molar-refractivity contribution in [1.82, 2.24) is 5.32 Å². The fourth-order valence-corrected chi connectivity index (χ4v) is 2.81. The maximum Gasteiger partial charge on any atom is 0.0320 e. The Kier molecular flexibility index (Phi) is 9.92. The Bertz CT molecular complexity index is 299. The number of hydrogen-bond acceptors (Lipinski definition) is 2. The molecule has 1 N–H and O–H groups in total. The predicted octanol–water partition coefficient (Wildman–Crippen LogP) is 5.04. The molecular weight excluding hydrogens is 250 g/mol. The van der Waals surface area contributed by atoms with Crippen LogP contribution in [-0.2, 0) is 0 Å². The number of thioether (sulfide) groups is 1. The van der Waals surface area contributed by atoms with Crippen LogP contribution in [0.3, 0.4) is 0 Å². The van der Waals surface area contributed by atoms with Gasteiger partial charge in [0, 0.05) is 6.04 Å². The van der Waals surface area contributed by atoms with Gasteiger partial charge in [-0.3, -0.25) is 0 Å². The molecule has 0 heterocycles. The lowest BCUT2D eigenvalue weighted by Crippen LogP contribution is -2.22. The van der Waals surface area contributed by atoms with Crippen LogP contribution in [0.4, 0.5) is 0 Å². The summed E-state index contributed by atoms with van der Waals surface area (Å²) in [6.45, 7) is 3.42. The molecule has 0 aliphatic heterocycles. The first-order valence-electron chi connectivity index (χ1n) is 7.65. The smallest absolute Gasteiger partial charge is 0.0320 e. The van der Waals surface area contributed by atoms with Crippen LogP contribution >= 0.6 is 11.8 Å². The van der Waals surface area contributed by atoms with Crippen LogP contribution in [0.1, 0.15) is 57.1 Å². The molecule has 1 aromatic rings. The van der Waals surface area contributed by atoms with Crippen molar-refractivity contribution in [2.45, 2.75) is 51.5 Å². The molecule has 0 spiro atoms. The highest BCUT2D eigenvalue weighted by atomic mass is 32.2. The molecular formula is C17H29NS. The second kappa shape index (κ2) is 11.4. The zero-order valence-corrected chi connectivity index (χ0v) is 13.3. The lowest BCUT2D eigenvalue weighted by molar-refractivity contribution is 0.468. The average Bonchev–Trinajstić information content (AvgIpc) is 2.46. The Balaban J connectivity index is 2.36. The third kappa shape index (κ3) is 7.64. The summed E-state index contributed by atoms with van der Waals surface area (Å²) < 4.78 is 0. The van der Waals surface area contributed by atoms with Crippen molar-refractivity contribution in [2.75, 3.05) is 18.6 Å². The van der Waals surface area contributed by atoms with Gasteiger partial charge in [0.2, 0.25) is 0 Å². The second-order valence-corrected chi connectivity index (χ2v) is 6.10. The van der Waals surface area contributed by atoms with Gasteiger partial charge in [0.15, 0.2) is 0 Å². The van der Waals surface area contributed by atoms with Crippen LogP contribution in [0.25, 0.3) is 0 Å². The molecule has 1 unspecified atom stereocenters. The van der Waals surface area contributed by atoms with Gasteiger partial charge < -0.3 is 5.32 Å². The first-order valence-corrected chi connectivity index (χ1v) is 9.05. The van der Waals surface area contributed by atoms with Crippen LogP contribution in [0.5, 0.6) is 0 Å². The minimum absolute atomic E-state index is 0.544. The number of benzene rings is 1. The second-order valence-electron chi connectivity index (χ2n) is 5.11. The van der Waals surface area contributed by atoms with E-state index in [4.69, 9.17) is 0 Å². The third-order valence-corrected chi connectivity index (χ3v) is 4.16. The van der Waals surface area contributed by atoms with Gasteiger partial charge in [0.05, 0.1) is 0 Å². The molecule has 1 rings (SSSR count). The van der Waals surface area contributed by atoms with Gasteiger partial charge in [0.25, 0.3) is 0 Å². The molecule has 0 amide bonds. The van der Waals surface area contributed by atoms with Gasteiger partial charge in [-0.1, -0.05) is 56.5 Å². The lowest BCUT2D eigenvalue weighted by atomic mass is 10.0. The maximum absolute atomic E-state index is 3.74. The summed E-state index contributed by atoms with van der Waals surface area (Å²) in [5, 5.41) is 3.74. The van der Waals surface area contributed by atoms with E-state index in [0.29, 0.717) is 6.04 Å². The molecule has 0 saturated heterocycles. The molecule has 19 heavy (non-hydrogen) atoms. The van der Waals surface area contributed by atoms with Gasteiger partial charge in [-0.15, -0.1) is 0 Å². The molecule has 0 aromatic heterocycles. The van der Waals surface area contributed by atoms with E-state index in [1.165, 1.54) is 49.8 Å². The molecule has 0 bridgehead atoms. The first-order chi connectivity index (χ1) is 9.38. The van der Waals surface area contributed by atoms with E-state index in [1.807, 2.05) is 11.8 Å². The van der Waals surface area contributed by atoms with Crippen LogP contribution in [0.15, 0.2) is 30.3 Å². The fraction of sp³-hybridized carbons (Fsp3) is 0.647. The van der Waals surface area contributed by atoms with Crippen LogP contribution in [0.2, 0.25) is 0 Å². The highest BCUT2D eigenvalue weighted by Gasteiger charge is 2.09. The summed E-state index contributed by atoms with van der Waals surface area (Å²) in [6, 6.07) is 11.5. The predicted molar refractivity (Wildman–Crippen MR) is 88.9 cm³/mol. The molecule has 0 fully saturated rings. The number of rotatable bonds is 11. The number of nitrogens with one attached hydrogen (secondary N) is 1. The molecule has 2 heteroatoms. The molecule has 0 aliphatic carbocycles. The molecule has 1 aromatic carbocycles. The Morgan fingerprint density at radius 3 is 2.53 bits per heavy atom. The van der Waals surface area contributed by atoms with Gasteiger partial charge >= 0.3 is 0 Å². The minimum atomic E-state index is 0.544. The summed E-state index contributed by atoms with van der Waals surface area (Å²) >= 11 is 1.95. The largest absolute Gasteiger partial charge is 0.310 e. The summed E-state index contributed by atoms with van der Waals surface area (Å²) in [4.78, 5) is 0. The third-order valence-electron chi connectivity index (χ3n) is 3.46. The van der Waals surface area contributed by atoms with E-state index in [9.17, 15) is 0 Å². The van der Waals surface area contributed by atoms with Crippen molar-refractivity contribution in [1.29, 1.82) is 0 Å². The summed E-state index contributed by atoms with van der Waals surface area (Å²) in [6.07, 6.45) is 10.0. The van der Waals surface area contributed by atoms with Gasteiger partial charge in [0.1, 0.15) is 0 Å². The zero-order chi connectivity index (χ0) is 13.8. The van der Waals surface area contributed by atoms with E-state index >= 15 is 0 Å². The monoisotopic (exact) mass is 279 g/mol. The van der Waals surface area contributed by atoms with Crippen molar-refractivity contribution in [2.24, 2.45) is 0 Å². The molecule has 0 radical (unpaired) electrons. The molecule has 108 valence electrons. The molecule has 1 atom stereocenters. The standard InChI is InChI=1S/C17H29NS/c1-3-4-6-13-17(16-11-7-5-8-12-16)18-14-9-10-15-19-2/h5,7-8,11-12,17-18H,3-4,6,9-10,13-15H2,1-2H3. The van der Waals surface area contributed by atoms with E-state index < -0.39 is 0 Å². The van der Waals surface area contributed by atoms with Gasteiger partial charge in [-0.2, -0.15) is 11.8 Å². The minimum Gasteiger partial charge on any atom is -0.310 e. The Morgan fingerprint density at radius 1 is 1.05 bits per heavy atom. The number of hydrogen-bond donors (Lipinski definition) is 1. The van der Waals surface area contributed by atoms with Crippen molar-refractivity contribution in [3.63, 3.8) is 0 Å².